The Morgan fingerprint density at radius 1 is 1.21 bits per heavy atom. The average molecular weight is 253 g/mol. The van der Waals surface area contributed by atoms with Crippen molar-refractivity contribution < 1.29 is 4.74 Å². The van der Waals surface area contributed by atoms with Crippen LogP contribution < -0.4 is 10.5 Å². The number of pyridine rings is 1. The first kappa shape index (κ1) is 13.1. The highest BCUT2D eigenvalue weighted by Gasteiger charge is 2.12. The number of hydrogen-bond donors (Lipinski definition) is 1. The van der Waals surface area contributed by atoms with Gasteiger partial charge >= 0.3 is 0 Å². The van der Waals surface area contributed by atoms with Gasteiger partial charge in [-0.25, -0.2) is 0 Å². The molecule has 0 fully saturated rings. The summed E-state index contributed by atoms with van der Waals surface area (Å²) < 4.78 is 5.81. The van der Waals surface area contributed by atoms with Crippen LogP contribution in [0, 0.1) is 11.3 Å². The molecule has 0 aliphatic carbocycles. The summed E-state index contributed by atoms with van der Waals surface area (Å²) in [6.07, 6.45) is 1.86. The van der Waals surface area contributed by atoms with Crippen molar-refractivity contribution in [2.45, 2.75) is 12.5 Å². The van der Waals surface area contributed by atoms with Crippen LogP contribution >= 0.6 is 0 Å². The van der Waals surface area contributed by atoms with Gasteiger partial charge < -0.3 is 10.5 Å². The number of benzene rings is 1. The van der Waals surface area contributed by atoms with Crippen LogP contribution in [0.3, 0.4) is 0 Å². The summed E-state index contributed by atoms with van der Waals surface area (Å²) in [7, 11) is 0. The third kappa shape index (κ3) is 3.54. The van der Waals surface area contributed by atoms with E-state index in [4.69, 9.17) is 15.7 Å². The smallest absolute Gasteiger partial charge is 0.153 e. The second-order valence-corrected chi connectivity index (χ2v) is 4.08. The lowest BCUT2D eigenvalue weighted by Crippen LogP contribution is -2.19. The van der Waals surface area contributed by atoms with Gasteiger partial charge in [0.05, 0.1) is 18.2 Å². The number of nitrogens with zero attached hydrogens (tertiary/aromatic N) is 2. The SMILES string of the molecule is N#CCc1ccc(OC(CN)c2ccccn2)cc1. The molecule has 4 heteroatoms. The molecule has 0 saturated carbocycles. The molecule has 1 aromatic carbocycles. The van der Waals surface area contributed by atoms with E-state index < -0.39 is 0 Å². The first-order valence-corrected chi connectivity index (χ1v) is 6.07. The molecule has 0 aliphatic rings. The van der Waals surface area contributed by atoms with Gasteiger partial charge in [-0.2, -0.15) is 5.26 Å². The fraction of sp³-hybridized carbons (Fsp3) is 0.200. The van der Waals surface area contributed by atoms with Crippen molar-refractivity contribution >= 4 is 0 Å². The average Bonchev–Trinajstić information content (AvgIpc) is 2.48. The van der Waals surface area contributed by atoms with Crippen LogP contribution in [-0.2, 0) is 6.42 Å². The first-order chi connectivity index (χ1) is 9.33. The second kappa shape index (κ2) is 6.53. The third-order valence-electron chi connectivity index (χ3n) is 2.72. The van der Waals surface area contributed by atoms with Crippen LogP contribution in [0.15, 0.2) is 48.7 Å². The van der Waals surface area contributed by atoms with E-state index in [1.54, 1.807) is 6.20 Å². The van der Waals surface area contributed by atoms with Crippen LogP contribution in [-0.4, -0.2) is 11.5 Å². The molecule has 0 aliphatic heterocycles. The van der Waals surface area contributed by atoms with Gasteiger partial charge in [-0.15, -0.1) is 0 Å². The molecule has 1 heterocycles. The molecule has 96 valence electrons. The van der Waals surface area contributed by atoms with Crippen molar-refractivity contribution in [2.24, 2.45) is 5.73 Å². The van der Waals surface area contributed by atoms with Crippen LogP contribution in [0.1, 0.15) is 17.4 Å². The summed E-state index contributed by atoms with van der Waals surface area (Å²) in [5.74, 6) is 0.725. The quantitative estimate of drug-likeness (QED) is 0.886. The predicted molar refractivity (Wildman–Crippen MR) is 72.4 cm³/mol. The van der Waals surface area contributed by atoms with E-state index in [1.807, 2.05) is 42.5 Å². The maximum absolute atomic E-state index is 8.62. The van der Waals surface area contributed by atoms with Crippen LogP contribution in [0.5, 0.6) is 5.75 Å². The maximum Gasteiger partial charge on any atom is 0.153 e. The van der Waals surface area contributed by atoms with E-state index >= 15 is 0 Å². The Bertz CT molecular complexity index is 546. The normalized spacial score (nSPS) is 11.6. The molecule has 2 rings (SSSR count). The standard InChI is InChI=1S/C15H15N3O/c16-9-8-12-4-6-13(7-5-12)19-15(11-17)14-3-1-2-10-18-14/h1-7,10,15H,8,11,17H2. The molecule has 19 heavy (non-hydrogen) atoms. The number of hydrogen-bond acceptors (Lipinski definition) is 4. The van der Waals surface area contributed by atoms with Gasteiger partial charge in [0.15, 0.2) is 6.10 Å². The number of nitrogens with two attached hydrogens (primary N) is 1. The Morgan fingerprint density at radius 2 is 2.00 bits per heavy atom. The highest BCUT2D eigenvalue weighted by molar-refractivity contribution is 5.29. The first-order valence-electron chi connectivity index (χ1n) is 6.07. The Balaban J connectivity index is 2.09. The summed E-state index contributed by atoms with van der Waals surface area (Å²) in [5.41, 5.74) is 7.50. The Hall–Kier alpha value is -2.38. The molecule has 0 radical (unpaired) electrons. The molecule has 0 spiro atoms. The van der Waals surface area contributed by atoms with Crippen LogP contribution in [0.4, 0.5) is 0 Å². The van der Waals surface area contributed by atoms with Crippen molar-refractivity contribution in [3.8, 4) is 11.8 Å². The van der Waals surface area contributed by atoms with Crippen molar-refractivity contribution in [3.05, 3.63) is 59.9 Å². The molecule has 2 N–H and O–H groups in total. The van der Waals surface area contributed by atoms with E-state index in [2.05, 4.69) is 11.1 Å². The number of nitriles is 1. The van der Waals surface area contributed by atoms with Gasteiger partial charge in [-0.05, 0) is 29.8 Å². The fourth-order valence-corrected chi connectivity index (χ4v) is 1.74. The van der Waals surface area contributed by atoms with Gasteiger partial charge in [0.1, 0.15) is 5.75 Å². The van der Waals surface area contributed by atoms with Crippen LogP contribution in [0.2, 0.25) is 0 Å². The second-order valence-electron chi connectivity index (χ2n) is 4.08. The van der Waals surface area contributed by atoms with Crippen molar-refractivity contribution in [2.75, 3.05) is 6.54 Å². The molecule has 4 nitrogen and oxygen atoms in total. The topological polar surface area (TPSA) is 71.9 Å². The van der Waals surface area contributed by atoms with Gasteiger partial charge in [0, 0.05) is 12.7 Å². The van der Waals surface area contributed by atoms with E-state index in [-0.39, 0.29) is 6.10 Å². The van der Waals surface area contributed by atoms with E-state index in [0.717, 1.165) is 17.0 Å². The third-order valence-corrected chi connectivity index (χ3v) is 2.72. The van der Waals surface area contributed by atoms with E-state index in [0.29, 0.717) is 13.0 Å². The lowest BCUT2D eigenvalue weighted by molar-refractivity contribution is 0.209. The molecule has 1 unspecified atom stereocenters. The Kier molecular flexibility index (Phi) is 4.49. The lowest BCUT2D eigenvalue weighted by atomic mass is 10.1. The summed E-state index contributed by atoms with van der Waals surface area (Å²) in [6, 6.07) is 15.2. The van der Waals surface area contributed by atoms with Crippen molar-refractivity contribution in [1.29, 1.82) is 5.26 Å². The molecule has 0 saturated heterocycles. The van der Waals surface area contributed by atoms with E-state index in [1.165, 1.54) is 0 Å². The zero-order chi connectivity index (χ0) is 13.5. The summed E-state index contributed by atoms with van der Waals surface area (Å²) >= 11 is 0. The van der Waals surface area contributed by atoms with Gasteiger partial charge in [0.25, 0.3) is 0 Å². The largest absolute Gasteiger partial charge is 0.483 e. The summed E-state index contributed by atoms with van der Waals surface area (Å²) in [5, 5.41) is 8.62. The highest BCUT2D eigenvalue weighted by Crippen LogP contribution is 2.20. The maximum atomic E-state index is 8.62. The highest BCUT2D eigenvalue weighted by atomic mass is 16.5. The zero-order valence-corrected chi connectivity index (χ0v) is 10.5. The Morgan fingerprint density at radius 3 is 2.58 bits per heavy atom. The minimum absolute atomic E-state index is 0.261. The zero-order valence-electron chi connectivity index (χ0n) is 10.5. The molecule has 0 bridgehead atoms. The molecule has 2 aromatic rings. The molecule has 0 amide bonds. The lowest BCUT2D eigenvalue weighted by Gasteiger charge is -2.16. The van der Waals surface area contributed by atoms with Gasteiger partial charge in [-0.3, -0.25) is 4.98 Å². The minimum atomic E-state index is -0.261. The van der Waals surface area contributed by atoms with Gasteiger partial charge in [0.2, 0.25) is 0 Å². The molecular formula is C15H15N3O. The van der Waals surface area contributed by atoms with Crippen LogP contribution in [0.25, 0.3) is 0 Å². The van der Waals surface area contributed by atoms with Crippen molar-refractivity contribution in [3.63, 3.8) is 0 Å². The van der Waals surface area contributed by atoms with Gasteiger partial charge in [-0.1, -0.05) is 18.2 Å². The van der Waals surface area contributed by atoms with E-state index in [9.17, 15) is 0 Å². The summed E-state index contributed by atoms with van der Waals surface area (Å²) in [4.78, 5) is 4.25. The minimum Gasteiger partial charge on any atom is -0.483 e. The molecular weight excluding hydrogens is 238 g/mol. The number of rotatable bonds is 5. The predicted octanol–water partition coefficient (Wildman–Crippen LogP) is 2.23. The monoisotopic (exact) mass is 253 g/mol. The molecule has 1 atom stereocenters. The summed E-state index contributed by atoms with van der Waals surface area (Å²) in [6.45, 7) is 0.358. The fourth-order valence-electron chi connectivity index (χ4n) is 1.74. The number of ether oxygens (including phenoxy) is 1. The Labute approximate surface area is 112 Å². The number of aromatic nitrogens is 1. The molecule has 1 aromatic heterocycles. The van der Waals surface area contributed by atoms with Crippen molar-refractivity contribution in [1.82, 2.24) is 4.98 Å².